The highest BCUT2D eigenvalue weighted by Crippen LogP contribution is 2.32. The summed E-state index contributed by atoms with van der Waals surface area (Å²) in [6, 6.07) is 15.1. The molecule has 0 aliphatic rings. The average Bonchev–Trinajstić information content (AvgIpc) is 3.10. The maximum atomic E-state index is 12.3. The Balaban J connectivity index is 1.72. The second-order valence-corrected chi connectivity index (χ2v) is 6.13. The number of ether oxygens (including phenoxy) is 2. The van der Waals surface area contributed by atoms with Gasteiger partial charge in [0, 0.05) is 16.5 Å². The summed E-state index contributed by atoms with van der Waals surface area (Å²) in [7, 11) is 3.22. The summed E-state index contributed by atoms with van der Waals surface area (Å²) in [6.07, 6.45) is 0.230. The minimum absolute atomic E-state index is 0.134. The van der Waals surface area contributed by atoms with E-state index in [9.17, 15) is 4.79 Å². The van der Waals surface area contributed by atoms with Crippen molar-refractivity contribution in [3.63, 3.8) is 0 Å². The van der Waals surface area contributed by atoms with Crippen molar-refractivity contribution in [1.82, 2.24) is 4.98 Å². The van der Waals surface area contributed by atoms with Crippen molar-refractivity contribution < 1.29 is 14.3 Å². The fourth-order valence-electron chi connectivity index (χ4n) is 2.50. The molecule has 2 aromatic carbocycles. The average molecular weight is 354 g/mol. The molecule has 1 N–H and O–H groups in total. The molecule has 0 saturated heterocycles. The number of aromatic nitrogens is 1. The zero-order valence-corrected chi connectivity index (χ0v) is 14.8. The molecule has 1 aromatic heterocycles. The van der Waals surface area contributed by atoms with E-state index in [2.05, 4.69) is 10.3 Å². The third kappa shape index (κ3) is 3.97. The summed E-state index contributed by atoms with van der Waals surface area (Å²) in [6.45, 7) is 0. The van der Waals surface area contributed by atoms with Crippen LogP contribution in [0.2, 0.25) is 0 Å². The van der Waals surface area contributed by atoms with E-state index >= 15 is 0 Å². The van der Waals surface area contributed by atoms with Gasteiger partial charge in [0.25, 0.3) is 0 Å². The number of rotatable bonds is 6. The molecule has 3 rings (SSSR count). The Bertz CT molecular complexity index is 876. The molecule has 128 valence electrons. The normalized spacial score (nSPS) is 10.3. The first-order chi connectivity index (χ1) is 12.2. The lowest BCUT2D eigenvalue weighted by Gasteiger charge is -2.07. The molecule has 1 heterocycles. The first kappa shape index (κ1) is 17.0. The SMILES string of the molecule is COc1ccccc1CC(=O)Nc1nc(-c2ccccc2OC)cs1. The molecule has 0 bridgehead atoms. The number of hydrogen-bond donors (Lipinski definition) is 1. The molecule has 25 heavy (non-hydrogen) atoms. The number of carbonyl (C=O) groups excluding carboxylic acids is 1. The summed E-state index contributed by atoms with van der Waals surface area (Å²) in [4.78, 5) is 16.8. The Hall–Kier alpha value is -2.86. The Morgan fingerprint density at radius 1 is 1.04 bits per heavy atom. The van der Waals surface area contributed by atoms with Crippen molar-refractivity contribution >= 4 is 22.4 Å². The van der Waals surface area contributed by atoms with Crippen LogP contribution in [-0.4, -0.2) is 25.1 Å². The highest BCUT2D eigenvalue weighted by molar-refractivity contribution is 7.14. The molecule has 0 saturated carbocycles. The van der Waals surface area contributed by atoms with E-state index in [0.717, 1.165) is 22.6 Å². The number of thiazole rings is 1. The molecular formula is C19H18N2O3S. The van der Waals surface area contributed by atoms with Crippen molar-refractivity contribution in [2.24, 2.45) is 0 Å². The van der Waals surface area contributed by atoms with Gasteiger partial charge in [-0.1, -0.05) is 30.3 Å². The van der Waals surface area contributed by atoms with E-state index in [4.69, 9.17) is 9.47 Å². The summed E-state index contributed by atoms with van der Waals surface area (Å²) < 4.78 is 10.6. The van der Waals surface area contributed by atoms with Gasteiger partial charge in [-0.25, -0.2) is 4.98 Å². The molecule has 0 aliphatic carbocycles. The van der Waals surface area contributed by atoms with Gasteiger partial charge in [0.2, 0.25) is 5.91 Å². The number of methoxy groups -OCH3 is 2. The van der Waals surface area contributed by atoms with Gasteiger partial charge in [0.1, 0.15) is 11.5 Å². The van der Waals surface area contributed by atoms with E-state index in [1.54, 1.807) is 14.2 Å². The number of para-hydroxylation sites is 2. The van der Waals surface area contributed by atoms with E-state index < -0.39 is 0 Å². The number of amides is 1. The third-order valence-electron chi connectivity index (χ3n) is 3.68. The van der Waals surface area contributed by atoms with Crippen LogP contribution in [0.3, 0.4) is 0 Å². The van der Waals surface area contributed by atoms with Crippen molar-refractivity contribution in [3.05, 3.63) is 59.5 Å². The summed E-state index contributed by atoms with van der Waals surface area (Å²) in [5.74, 6) is 1.32. The van der Waals surface area contributed by atoms with Crippen molar-refractivity contribution in [1.29, 1.82) is 0 Å². The summed E-state index contributed by atoms with van der Waals surface area (Å²) in [5.41, 5.74) is 2.51. The van der Waals surface area contributed by atoms with Crippen molar-refractivity contribution in [2.75, 3.05) is 19.5 Å². The summed E-state index contributed by atoms with van der Waals surface area (Å²) >= 11 is 1.38. The fraction of sp³-hybridized carbons (Fsp3) is 0.158. The van der Waals surface area contributed by atoms with Crippen LogP contribution in [0, 0.1) is 0 Å². The predicted octanol–water partition coefficient (Wildman–Crippen LogP) is 4.01. The fourth-order valence-corrected chi connectivity index (χ4v) is 3.22. The van der Waals surface area contributed by atoms with Gasteiger partial charge in [0.05, 0.1) is 26.3 Å². The topological polar surface area (TPSA) is 60.5 Å². The number of carbonyl (C=O) groups is 1. The molecular weight excluding hydrogens is 336 g/mol. The van der Waals surface area contributed by atoms with Crippen molar-refractivity contribution in [2.45, 2.75) is 6.42 Å². The minimum atomic E-state index is -0.134. The Morgan fingerprint density at radius 3 is 2.48 bits per heavy atom. The number of nitrogens with zero attached hydrogens (tertiary/aromatic N) is 1. The maximum Gasteiger partial charge on any atom is 0.230 e. The molecule has 0 aliphatic heterocycles. The van der Waals surface area contributed by atoms with Gasteiger partial charge in [0.15, 0.2) is 5.13 Å². The van der Waals surface area contributed by atoms with Gasteiger partial charge in [-0.15, -0.1) is 11.3 Å². The number of nitrogens with one attached hydrogen (secondary N) is 1. The van der Waals surface area contributed by atoms with Crippen LogP contribution in [0.4, 0.5) is 5.13 Å². The van der Waals surface area contributed by atoms with Crippen LogP contribution < -0.4 is 14.8 Å². The van der Waals surface area contributed by atoms with E-state index in [0.29, 0.717) is 10.9 Å². The first-order valence-corrected chi connectivity index (χ1v) is 8.60. The molecule has 0 unspecified atom stereocenters. The molecule has 0 fully saturated rings. The molecule has 0 spiro atoms. The second kappa shape index (κ2) is 7.81. The standard InChI is InChI=1S/C19H18N2O3S/c1-23-16-9-5-3-7-13(16)11-18(22)21-19-20-15(12-25-19)14-8-4-6-10-17(14)24-2/h3-10,12H,11H2,1-2H3,(H,20,21,22). The lowest BCUT2D eigenvalue weighted by atomic mass is 10.1. The largest absolute Gasteiger partial charge is 0.496 e. The van der Waals surface area contributed by atoms with Gasteiger partial charge < -0.3 is 14.8 Å². The molecule has 6 heteroatoms. The summed E-state index contributed by atoms with van der Waals surface area (Å²) in [5, 5.41) is 5.30. The smallest absolute Gasteiger partial charge is 0.230 e. The van der Waals surface area contributed by atoms with E-state index in [1.165, 1.54) is 11.3 Å². The van der Waals surface area contributed by atoms with Crippen LogP contribution in [0.1, 0.15) is 5.56 Å². The highest BCUT2D eigenvalue weighted by Gasteiger charge is 2.13. The lowest BCUT2D eigenvalue weighted by molar-refractivity contribution is -0.115. The van der Waals surface area contributed by atoms with E-state index in [-0.39, 0.29) is 12.3 Å². The zero-order valence-electron chi connectivity index (χ0n) is 14.0. The third-order valence-corrected chi connectivity index (χ3v) is 4.43. The van der Waals surface area contributed by atoms with Crippen molar-refractivity contribution in [3.8, 4) is 22.8 Å². The molecule has 3 aromatic rings. The zero-order chi connectivity index (χ0) is 17.6. The van der Waals surface area contributed by atoms with Crippen LogP contribution in [0.25, 0.3) is 11.3 Å². The number of hydrogen-bond acceptors (Lipinski definition) is 5. The molecule has 0 radical (unpaired) electrons. The maximum absolute atomic E-state index is 12.3. The van der Waals surface area contributed by atoms with Gasteiger partial charge in [-0.05, 0) is 18.2 Å². The van der Waals surface area contributed by atoms with Crippen LogP contribution >= 0.6 is 11.3 Å². The molecule has 5 nitrogen and oxygen atoms in total. The van der Waals surface area contributed by atoms with Crippen LogP contribution in [0.15, 0.2) is 53.9 Å². The monoisotopic (exact) mass is 354 g/mol. The number of benzene rings is 2. The quantitative estimate of drug-likeness (QED) is 0.727. The number of anilines is 1. The Labute approximate surface area is 150 Å². The molecule has 0 atom stereocenters. The Morgan fingerprint density at radius 2 is 1.72 bits per heavy atom. The highest BCUT2D eigenvalue weighted by atomic mass is 32.1. The second-order valence-electron chi connectivity index (χ2n) is 5.27. The van der Waals surface area contributed by atoms with Gasteiger partial charge in [-0.3, -0.25) is 4.79 Å². The van der Waals surface area contributed by atoms with E-state index in [1.807, 2.05) is 53.9 Å². The predicted molar refractivity (Wildman–Crippen MR) is 99.4 cm³/mol. The van der Waals surface area contributed by atoms with Crippen LogP contribution in [-0.2, 0) is 11.2 Å². The van der Waals surface area contributed by atoms with Crippen LogP contribution in [0.5, 0.6) is 11.5 Å². The Kier molecular flexibility index (Phi) is 5.30. The van der Waals surface area contributed by atoms with Gasteiger partial charge in [-0.2, -0.15) is 0 Å². The first-order valence-electron chi connectivity index (χ1n) is 7.72. The lowest BCUT2D eigenvalue weighted by Crippen LogP contribution is -2.14. The molecule has 1 amide bonds. The van der Waals surface area contributed by atoms with Gasteiger partial charge >= 0.3 is 0 Å². The minimum Gasteiger partial charge on any atom is -0.496 e.